The molecule has 0 saturated carbocycles. The van der Waals surface area contributed by atoms with Gasteiger partial charge in [0, 0.05) is 47.7 Å². The van der Waals surface area contributed by atoms with Crippen LogP contribution in [-0.2, 0) is 20.9 Å². The van der Waals surface area contributed by atoms with Crippen LogP contribution in [-0.4, -0.2) is 77.5 Å². The highest BCUT2D eigenvalue weighted by Gasteiger charge is 2.51. The molecule has 11 heteroatoms. The molecule has 2 aliphatic rings. The van der Waals surface area contributed by atoms with Gasteiger partial charge in [0.1, 0.15) is 24.3 Å². The average molecular weight is 585 g/mol. The Bertz CT molecular complexity index is 1340. The van der Waals surface area contributed by atoms with Crippen molar-refractivity contribution in [3.8, 4) is 11.5 Å². The predicted molar refractivity (Wildman–Crippen MR) is 150 cm³/mol. The number of halogens is 1. The van der Waals surface area contributed by atoms with Crippen LogP contribution in [0.5, 0.6) is 11.5 Å². The summed E-state index contributed by atoms with van der Waals surface area (Å²) in [6.07, 6.45) is 0.583. The van der Waals surface area contributed by atoms with Crippen molar-refractivity contribution in [3.05, 3.63) is 69.8 Å². The van der Waals surface area contributed by atoms with E-state index < -0.39 is 30.1 Å². The summed E-state index contributed by atoms with van der Waals surface area (Å²) in [5.74, 6) is -1.05. The smallest absolute Gasteiger partial charge is 0.247 e. The van der Waals surface area contributed by atoms with Crippen LogP contribution in [0.2, 0.25) is 5.02 Å². The molecule has 0 bridgehead atoms. The van der Waals surface area contributed by atoms with Crippen molar-refractivity contribution in [2.24, 2.45) is 0 Å². The summed E-state index contributed by atoms with van der Waals surface area (Å²) in [7, 11) is 1.42. The minimum Gasteiger partial charge on any atom is -0.493 e. The monoisotopic (exact) mass is 584 g/mol. The van der Waals surface area contributed by atoms with Gasteiger partial charge in [-0.25, -0.2) is 0 Å². The zero-order chi connectivity index (χ0) is 29.7. The molecule has 0 unspecified atom stereocenters. The summed E-state index contributed by atoms with van der Waals surface area (Å²) in [5, 5.41) is 24.2. The Kier molecular flexibility index (Phi) is 9.80. The van der Waals surface area contributed by atoms with Gasteiger partial charge < -0.3 is 34.7 Å². The van der Waals surface area contributed by atoms with E-state index in [1.54, 1.807) is 36.4 Å². The van der Waals surface area contributed by atoms with Crippen LogP contribution in [0.3, 0.4) is 0 Å². The van der Waals surface area contributed by atoms with Gasteiger partial charge in [-0.1, -0.05) is 23.7 Å². The normalized spacial score (nSPS) is 20.7. The number of nitrogens with zero attached hydrogens (tertiary/aromatic N) is 1. The molecular formula is C30H33ClN2O8. The van der Waals surface area contributed by atoms with Gasteiger partial charge in [-0.15, -0.1) is 0 Å². The van der Waals surface area contributed by atoms with Crippen LogP contribution in [0.25, 0.3) is 0 Å². The van der Waals surface area contributed by atoms with Gasteiger partial charge in [0.15, 0.2) is 11.5 Å². The number of aldehydes is 1. The molecule has 10 nitrogen and oxygen atoms in total. The van der Waals surface area contributed by atoms with Crippen LogP contribution in [0, 0.1) is 0 Å². The van der Waals surface area contributed by atoms with E-state index in [1.165, 1.54) is 25.0 Å². The molecule has 0 spiro atoms. The topological polar surface area (TPSA) is 142 Å². The molecule has 2 aromatic carbocycles. The zero-order valence-electron chi connectivity index (χ0n) is 22.8. The quantitative estimate of drug-likeness (QED) is 0.323. The van der Waals surface area contributed by atoms with Gasteiger partial charge in [-0.2, -0.15) is 0 Å². The molecule has 0 radical (unpaired) electrons. The van der Waals surface area contributed by atoms with Crippen molar-refractivity contribution in [1.29, 1.82) is 0 Å². The van der Waals surface area contributed by atoms with E-state index in [2.05, 4.69) is 5.32 Å². The summed E-state index contributed by atoms with van der Waals surface area (Å²) >= 11 is 6.06. The minimum atomic E-state index is -1.27. The predicted octanol–water partition coefficient (Wildman–Crippen LogP) is 2.57. The number of benzene rings is 2. The lowest BCUT2D eigenvalue weighted by molar-refractivity contribution is -0.138. The molecule has 2 amide bonds. The van der Waals surface area contributed by atoms with Gasteiger partial charge in [0.25, 0.3) is 0 Å². The number of carbonyl (C=O) groups is 4. The Morgan fingerprint density at radius 3 is 2.54 bits per heavy atom. The van der Waals surface area contributed by atoms with Crippen molar-refractivity contribution < 1.29 is 38.9 Å². The molecule has 41 heavy (non-hydrogen) atoms. The van der Waals surface area contributed by atoms with Crippen molar-refractivity contribution in [1.82, 2.24) is 10.2 Å². The highest BCUT2D eigenvalue weighted by Crippen LogP contribution is 2.51. The fraction of sp³-hybridized carbons (Fsp3) is 0.400. The van der Waals surface area contributed by atoms with E-state index in [-0.39, 0.29) is 55.6 Å². The first-order valence-electron chi connectivity index (χ1n) is 13.3. The zero-order valence-corrected chi connectivity index (χ0v) is 23.6. The third-order valence-electron chi connectivity index (χ3n) is 7.28. The third kappa shape index (κ3) is 6.61. The van der Waals surface area contributed by atoms with Crippen molar-refractivity contribution in [2.75, 3.05) is 20.3 Å². The van der Waals surface area contributed by atoms with Gasteiger partial charge in [-0.05, 0) is 49.2 Å². The number of hydrogen-bond donors (Lipinski definition) is 3. The first kappa shape index (κ1) is 30.2. The number of ketones is 1. The van der Waals surface area contributed by atoms with E-state index in [4.69, 9.17) is 21.1 Å². The van der Waals surface area contributed by atoms with Crippen molar-refractivity contribution >= 4 is 35.5 Å². The number of Topliss-reactive ketones (excluding diaryl/α,β-unsaturated/α-hetero) is 1. The number of aliphatic hydroxyl groups excluding tert-OH is 2. The number of rotatable bonds is 12. The van der Waals surface area contributed by atoms with Gasteiger partial charge in [0.05, 0.1) is 25.7 Å². The maximum Gasteiger partial charge on any atom is 0.247 e. The Morgan fingerprint density at radius 1 is 1.17 bits per heavy atom. The Hall–Kier alpha value is -3.73. The number of fused-ring (bicyclic) bond motifs is 3. The van der Waals surface area contributed by atoms with Gasteiger partial charge in [-0.3, -0.25) is 14.4 Å². The number of aliphatic hydroxyl groups is 2. The fourth-order valence-electron chi connectivity index (χ4n) is 5.34. The summed E-state index contributed by atoms with van der Waals surface area (Å²) in [6.45, 7) is 1.26. The van der Waals surface area contributed by atoms with Crippen LogP contribution in [0.1, 0.15) is 53.6 Å². The molecular weight excluding hydrogens is 552 g/mol. The van der Waals surface area contributed by atoms with Crippen molar-refractivity contribution in [3.63, 3.8) is 0 Å². The summed E-state index contributed by atoms with van der Waals surface area (Å²) in [4.78, 5) is 51.7. The maximum absolute atomic E-state index is 13.6. The fourth-order valence-corrected chi connectivity index (χ4v) is 5.46. The summed E-state index contributed by atoms with van der Waals surface area (Å²) in [6, 6.07) is 9.05. The second-order valence-electron chi connectivity index (χ2n) is 10.1. The van der Waals surface area contributed by atoms with Crippen LogP contribution in [0.4, 0.5) is 0 Å². The van der Waals surface area contributed by atoms with Crippen LogP contribution < -0.4 is 14.8 Å². The Labute approximate surface area is 242 Å². The van der Waals surface area contributed by atoms with E-state index in [0.717, 1.165) is 5.56 Å². The molecule has 1 aliphatic heterocycles. The first-order chi connectivity index (χ1) is 19.7. The number of carbonyl (C=O) groups excluding carboxylic acids is 4. The molecule has 1 heterocycles. The Morgan fingerprint density at radius 2 is 1.90 bits per heavy atom. The highest BCUT2D eigenvalue weighted by atomic mass is 35.5. The van der Waals surface area contributed by atoms with E-state index >= 15 is 0 Å². The lowest BCUT2D eigenvalue weighted by Crippen LogP contribution is -2.55. The third-order valence-corrected chi connectivity index (χ3v) is 7.53. The second-order valence-corrected chi connectivity index (χ2v) is 10.5. The maximum atomic E-state index is 13.6. The molecule has 0 aromatic heterocycles. The molecule has 4 rings (SSSR count). The molecule has 1 aliphatic carbocycles. The second kappa shape index (κ2) is 13.3. The minimum absolute atomic E-state index is 0.00927. The van der Waals surface area contributed by atoms with E-state index in [9.17, 15) is 29.4 Å². The van der Waals surface area contributed by atoms with Crippen molar-refractivity contribution in [2.45, 2.75) is 56.9 Å². The molecule has 0 saturated heterocycles. The van der Waals surface area contributed by atoms with Gasteiger partial charge >= 0.3 is 0 Å². The molecule has 2 aromatic rings. The number of methoxy groups -OCH3 is 1. The number of amides is 2. The summed E-state index contributed by atoms with van der Waals surface area (Å²) in [5.41, 5.74) is 1.77. The highest BCUT2D eigenvalue weighted by molar-refractivity contribution is 6.30. The number of hydrogen-bond acceptors (Lipinski definition) is 8. The molecule has 4 atom stereocenters. The van der Waals surface area contributed by atoms with E-state index in [1.807, 2.05) is 0 Å². The lowest BCUT2D eigenvalue weighted by atomic mass is 9.77. The van der Waals surface area contributed by atoms with Crippen LogP contribution in [0.15, 0.2) is 48.0 Å². The van der Waals surface area contributed by atoms with Gasteiger partial charge in [0.2, 0.25) is 11.8 Å². The van der Waals surface area contributed by atoms with Crippen LogP contribution >= 0.6 is 11.6 Å². The largest absolute Gasteiger partial charge is 0.493 e. The number of ether oxygens (including phenoxy) is 2. The molecule has 0 fully saturated rings. The van der Waals surface area contributed by atoms with E-state index in [0.29, 0.717) is 34.6 Å². The first-order valence-corrected chi connectivity index (χ1v) is 13.7. The Balaban J connectivity index is 1.79. The number of nitrogens with one attached hydrogen (secondary N) is 1. The molecule has 3 N–H and O–H groups in total. The molecule has 218 valence electrons. The summed E-state index contributed by atoms with van der Waals surface area (Å²) < 4.78 is 11.7. The standard InChI is InChI=1S/C30H33ClN2O8/c1-17(36)4-3-5-25(37)33(15-18-6-8-20(31)9-7-18)23-14-22(30(39)32-10-11-34)26-21-12-19(16-35)13-24(40-2)28(21)41-29(26)27(23)38/h6-9,12-14,16,23,26-27,29,34,38H,3-5,10-11,15H2,1-2H3,(H,32,39)/t23-,26+,27+,29+/m1/s1. The average Bonchev–Trinajstić information content (AvgIpc) is 3.35. The lowest BCUT2D eigenvalue weighted by Gasteiger charge is -2.41. The SMILES string of the molecule is COc1cc(C=O)cc2c1O[C@@H]1[C@@H](O)[C@H](N(Cc3ccc(Cl)cc3)C(=O)CCCC(C)=O)C=C(C(=O)NCCO)[C@H]21.